The summed E-state index contributed by atoms with van der Waals surface area (Å²) in [5.41, 5.74) is 1.37. The summed E-state index contributed by atoms with van der Waals surface area (Å²) >= 11 is 7.86. The van der Waals surface area contributed by atoms with Crippen molar-refractivity contribution in [2.45, 2.75) is 6.54 Å². The number of hydrogen-bond acceptors (Lipinski definition) is 2. The van der Waals surface area contributed by atoms with Crippen LogP contribution < -0.4 is 9.64 Å². The Morgan fingerprint density at radius 1 is 1.29 bits per heavy atom. The molecule has 0 atom stereocenters. The zero-order chi connectivity index (χ0) is 15.0. The zero-order valence-corrected chi connectivity index (χ0v) is 13.7. The second-order valence-electron chi connectivity index (χ2n) is 4.63. The predicted molar refractivity (Wildman–Crippen MR) is 87.3 cm³/mol. The van der Waals surface area contributed by atoms with Gasteiger partial charge in [0.1, 0.15) is 11.6 Å². The van der Waals surface area contributed by atoms with Gasteiger partial charge in [-0.05, 0) is 58.5 Å². The SMILES string of the molecule is O=C1COc2cc(I)ccc2N1Cc1ccc(Cl)c(F)c1. The van der Waals surface area contributed by atoms with E-state index in [1.165, 1.54) is 12.1 Å². The first-order chi connectivity index (χ1) is 10.0. The number of hydrogen-bond donors (Lipinski definition) is 0. The molecule has 0 saturated carbocycles. The lowest BCUT2D eigenvalue weighted by Gasteiger charge is -2.29. The van der Waals surface area contributed by atoms with Crippen LogP contribution in [0.4, 0.5) is 10.1 Å². The number of benzene rings is 2. The van der Waals surface area contributed by atoms with Crippen LogP contribution in [0.5, 0.6) is 5.75 Å². The lowest BCUT2D eigenvalue weighted by atomic mass is 10.1. The number of halogens is 3. The molecule has 0 radical (unpaired) electrons. The van der Waals surface area contributed by atoms with Crippen LogP contribution in [0.15, 0.2) is 36.4 Å². The number of anilines is 1. The highest BCUT2D eigenvalue weighted by molar-refractivity contribution is 14.1. The molecule has 0 bridgehead atoms. The van der Waals surface area contributed by atoms with Gasteiger partial charge in [-0.3, -0.25) is 4.79 Å². The maximum Gasteiger partial charge on any atom is 0.265 e. The number of carbonyl (C=O) groups excluding carboxylic acids is 1. The molecule has 1 heterocycles. The number of carbonyl (C=O) groups is 1. The van der Waals surface area contributed by atoms with E-state index in [1.807, 2.05) is 18.2 Å². The van der Waals surface area contributed by atoms with Gasteiger partial charge < -0.3 is 9.64 Å². The Bertz CT molecular complexity index is 723. The van der Waals surface area contributed by atoms with E-state index in [1.54, 1.807) is 11.0 Å². The summed E-state index contributed by atoms with van der Waals surface area (Å²) in [6.07, 6.45) is 0. The Hall–Kier alpha value is -1.34. The highest BCUT2D eigenvalue weighted by Crippen LogP contribution is 2.34. The number of ether oxygens (including phenoxy) is 1. The average Bonchev–Trinajstić information content (AvgIpc) is 2.46. The maximum atomic E-state index is 13.5. The van der Waals surface area contributed by atoms with Crippen molar-refractivity contribution in [1.29, 1.82) is 0 Å². The second-order valence-corrected chi connectivity index (χ2v) is 6.28. The van der Waals surface area contributed by atoms with Crippen molar-refractivity contribution in [2.75, 3.05) is 11.5 Å². The Morgan fingerprint density at radius 3 is 2.86 bits per heavy atom. The minimum atomic E-state index is -0.488. The minimum absolute atomic E-state index is 0.0107. The number of amides is 1. The highest BCUT2D eigenvalue weighted by atomic mass is 127. The van der Waals surface area contributed by atoms with Crippen LogP contribution in [0.25, 0.3) is 0 Å². The third kappa shape index (κ3) is 2.98. The number of nitrogens with zero attached hydrogens (tertiary/aromatic N) is 1. The Morgan fingerprint density at radius 2 is 2.10 bits per heavy atom. The summed E-state index contributed by atoms with van der Waals surface area (Å²) in [5, 5.41) is 0.0713. The van der Waals surface area contributed by atoms with E-state index in [-0.39, 0.29) is 24.1 Å². The van der Waals surface area contributed by atoms with E-state index in [9.17, 15) is 9.18 Å². The van der Waals surface area contributed by atoms with E-state index in [0.717, 1.165) is 3.57 Å². The van der Waals surface area contributed by atoms with Crippen molar-refractivity contribution in [3.8, 4) is 5.75 Å². The van der Waals surface area contributed by atoms with Gasteiger partial charge in [0.2, 0.25) is 0 Å². The van der Waals surface area contributed by atoms with Crippen LogP contribution in [0.2, 0.25) is 5.02 Å². The van der Waals surface area contributed by atoms with E-state index in [0.29, 0.717) is 17.0 Å². The van der Waals surface area contributed by atoms with Gasteiger partial charge in [0.15, 0.2) is 6.61 Å². The molecule has 1 aliphatic rings. The molecule has 1 amide bonds. The molecular weight excluding hydrogens is 408 g/mol. The molecule has 1 aliphatic heterocycles. The molecule has 0 spiro atoms. The normalized spacial score (nSPS) is 13.9. The topological polar surface area (TPSA) is 29.5 Å². The second kappa shape index (κ2) is 5.81. The van der Waals surface area contributed by atoms with Gasteiger partial charge in [0.05, 0.1) is 17.3 Å². The molecule has 3 rings (SSSR count). The first-order valence-corrected chi connectivity index (χ1v) is 7.67. The van der Waals surface area contributed by atoms with Crippen LogP contribution >= 0.6 is 34.2 Å². The number of fused-ring (bicyclic) bond motifs is 1. The molecule has 0 saturated heterocycles. The van der Waals surface area contributed by atoms with E-state index < -0.39 is 5.82 Å². The van der Waals surface area contributed by atoms with Crippen LogP contribution in [0.1, 0.15) is 5.56 Å². The Balaban J connectivity index is 1.94. The van der Waals surface area contributed by atoms with Gasteiger partial charge in [0.25, 0.3) is 5.91 Å². The third-order valence-corrected chi connectivity index (χ3v) is 4.17. The van der Waals surface area contributed by atoms with Gasteiger partial charge in [-0.1, -0.05) is 17.7 Å². The fraction of sp³-hybridized carbons (Fsp3) is 0.133. The van der Waals surface area contributed by atoms with Crippen molar-refractivity contribution < 1.29 is 13.9 Å². The van der Waals surface area contributed by atoms with Crippen molar-refractivity contribution in [3.63, 3.8) is 0 Å². The van der Waals surface area contributed by atoms with Crippen molar-refractivity contribution in [2.24, 2.45) is 0 Å². The lowest BCUT2D eigenvalue weighted by molar-refractivity contribution is -0.121. The first kappa shape index (κ1) is 14.6. The van der Waals surface area contributed by atoms with Gasteiger partial charge in [-0.2, -0.15) is 0 Å². The Kier molecular flexibility index (Phi) is 4.03. The van der Waals surface area contributed by atoms with Crippen LogP contribution in [-0.4, -0.2) is 12.5 Å². The van der Waals surface area contributed by atoms with Crippen LogP contribution in [0.3, 0.4) is 0 Å². The molecule has 0 fully saturated rings. The summed E-state index contributed by atoms with van der Waals surface area (Å²) in [4.78, 5) is 13.7. The standard InChI is InChI=1S/C15H10ClFINO2/c16-11-3-1-9(5-12(11)17)7-19-13-4-2-10(18)6-14(13)21-8-15(19)20/h1-6H,7-8H2. The molecule has 3 nitrogen and oxygen atoms in total. The molecule has 0 N–H and O–H groups in total. The van der Waals surface area contributed by atoms with Gasteiger partial charge >= 0.3 is 0 Å². The molecule has 0 aromatic heterocycles. The largest absolute Gasteiger partial charge is 0.482 e. The van der Waals surface area contributed by atoms with Crippen molar-refractivity contribution in [1.82, 2.24) is 0 Å². The smallest absolute Gasteiger partial charge is 0.265 e. The minimum Gasteiger partial charge on any atom is -0.482 e. The van der Waals surface area contributed by atoms with Gasteiger partial charge in [-0.25, -0.2) is 4.39 Å². The summed E-state index contributed by atoms with van der Waals surface area (Å²) in [5.74, 6) is 0.0210. The van der Waals surface area contributed by atoms with Gasteiger partial charge in [-0.15, -0.1) is 0 Å². The third-order valence-electron chi connectivity index (χ3n) is 3.19. The monoisotopic (exact) mass is 417 g/mol. The quantitative estimate of drug-likeness (QED) is 0.691. The van der Waals surface area contributed by atoms with E-state index in [2.05, 4.69) is 22.6 Å². The lowest BCUT2D eigenvalue weighted by Crippen LogP contribution is -2.38. The Labute approximate surface area is 139 Å². The molecule has 108 valence electrons. The predicted octanol–water partition coefficient (Wildman–Crippen LogP) is 4.01. The van der Waals surface area contributed by atoms with Crippen molar-refractivity contribution in [3.05, 3.63) is 56.4 Å². The van der Waals surface area contributed by atoms with E-state index in [4.69, 9.17) is 16.3 Å². The molecule has 21 heavy (non-hydrogen) atoms. The number of rotatable bonds is 2. The van der Waals surface area contributed by atoms with Crippen LogP contribution in [-0.2, 0) is 11.3 Å². The molecule has 2 aromatic carbocycles. The van der Waals surface area contributed by atoms with Crippen molar-refractivity contribution >= 4 is 45.8 Å². The van der Waals surface area contributed by atoms with Gasteiger partial charge in [0, 0.05) is 3.57 Å². The summed E-state index contributed by atoms with van der Waals surface area (Å²) in [6, 6.07) is 10.2. The van der Waals surface area contributed by atoms with E-state index >= 15 is 0 Å². The highest BCUT2D eigenvalue weighted by Gasteiger charge is 2.25. The molecule has 6 heteroatoms. The average molecular weight is 418 g/mol. The zero-order valence-electron chi connectivity index (χ0n) is 10.8. The molecule has 0 unspecified atom stereocenters. The van der Waals surface area contributed by atoms with Crippen LogP contribution in [0, 0.1) is 9.39 Å². The first-order valence-electron chi connectivity index (χ1n) is 6.21. The fourth-order valence-electron chi connectivity index (χ4n) is 2.17. The fourth-order valence-corrected chi connectivity index (χ4v) is 2.75. The summed E-state index contributed by atoms with van der Waals surface area (Å²) < 4.78 is 20.0. The molecule has 0 aliphatic carbocycles. The molecular formula is C15H10ClFINO2. The summed E-state index contributed by atoms with van der Waals surface area (Å²) in [7, 11) is 0. The summed E-state index contributed by atoms with van der Waals surface area (Å²) in [6.45, 7) is 0.271. The molecule has 2 aromatic rings. The maximum absolute atomic E-state index is 13.5.